The van der Waals surface area contributed by atoms with Crippen molar-refractivity contribution in [3.05, 3.63) is 134 Å². The molecule has 5 unspecified atom stereocenters. The standard InChI is InChI=1S/C79H132O17P2/c1-5-9-13-17-21-25-29-32-35-36-39-41-45-48-52-56-60-64-77(82)90-70-75(96-79(84)66-62-58-54-50-46-42-38-34-31-27-23-19-15-11-7-3)72-94-98(87,88)92-68-73(80)67-91-97(85,86)93-71-74(95-78(83)65-61-57-53-49-43-28-24-20-16-12-8-4)69-89-76(81)63-59-55-51-47-44-40-37-33-30-26-22-18-14-10-6-2/h9,11,13,15,20-21,23-25,27,32,34-35,38-39,41,46,48,50,52,58,62,73-75,80H,5-8,10,12,14,16-19,22,26,28-31,33,36-37,40,42-45,47,49,51,53-57,59-61,63-72H2,1-4H3,(H,85,86)(H,87,88)/b13-9-,15-11-,24-20-,25-21-,27-23-,35-32-,38-34-,41-39-,50-46-,52-48-,62-58-. The van der Waals surface area contributed by atoms with E-state index in [1.165, 1.54) is 83.5 Å². The van der Waals surface area contributed by atoms with E-state index < -0.39 is 97.5 Å². The normalized spacial score (nSPS) is 14.7. The third-order valence-corrected chi connectivity index (χ3v) is 17.0. The third kappa shape index (κ3) is 69.7. The SMILES string of the molecule is CC/C=C\C/C=C\C/C=C\C/C=C\C/C=C\CCCC(=O)OCC(COP(=O)(O)OCC(O)COP(=O)(O)OCC(COC(=O)CCCCCCCCCCCCCCCCC)OC(=O)CCCCCCC/C=C\CCCC)OC(=O)C/C=C\C/C=C\C/C=C\C/C=C\C/C=C\CC. The molecule has 98 heavy (non-hydrogen) atoms. The van der Waals surface area contributed by atoms with Crippen LogP contribution < -0.4 is 0 Å². The summed E-state index contributed by atoms with van der Waals surface area (Å²) in [7, 11) is -10.00. The molecule has 0 saturated carbocycles. The summed E-state index contributed by atoms with van der Waals surface area (Å²) in [6.45, 7) is 4.41. The fourth-order valence-electron chi connectivity index (χ4n) is 9.49. The minimum atomic E-state index is -5.01. The Morgan fingerprint density at radius 1 is 0.306 bits per heavy atom. The Morgan fingerprint density at radius 3 is 0.990 bits per heavy atom. The van der Waals surface area contributed by atoms with E-state index >= 15 is 0 Å². The predicted octanol–water partition coefficient (Wildman–Crippen LogP) is 21.3. The molecule has 0 rings (SSSR count). The minimum absolute atomic E-state index is 0.0600. The first-order chi connectivity index (χ1) is 47.7. The molecule has 0 heterocycles. The molecule has 17 nitrogen and oxygen atoms in total. The highest BCUT2D eigenvalue weighted by Gasteiger charge is 2.30. The number of aliphatic hydroxyl groups is 1. The lowest BCUT2D eigenvalue weighted by Gasteiger charge is -2.21. The molecule has 0 bridgehead atoms. The molecule has 3 N–H and O–H groups in total. The van der Waals surface area contributed by atoms with Gasteiger partial charge in [-0.05, 0) is 109 Å². The number of carbonyl (C=O) groups excluding carboxylic acids is 4. The van der Waals surface area contributed by atoms with Gasteiger partial charge in [0.25, 0.3) is 0 Å². The van der Waals surface area contributed by atoms with Crippen LogP contribution in [-0.4, -0.2) is 96.7 Å². The molecule has 0 aliphatic rings. The average molecular weight is 1420 g/mol. The predicted molar refractivity (Wildman–Crippen MR) is 399 cm³/mol. The summed E-state index contributed by atoms with van der Waals surface area (Å²) >= 11 is 0. The number of ether oxygens (including phenoxy) is 4. The van der Waals surface area contributed by atoms with Crippen LogP contribution in [0.1, 0.15) is 285 Å². The van der Waals surface area contributed by atoms with Gasteiger partial charge in [-0.25, -0.2) is 9.13 Å². The van der Waals surface area contributed by atoms with Gasteiger partial charge >= 0.3 is 39.5 Å². The summed E-state index contributed by atoms with van der Waals surface area (Å²) in [5, 5.41) is 10.6. The Balaban J connectivity index is 5.45. The van der Waals surface area contributed by atoms with Gasteiger partial charge in [-0.15, -0.1) is 0 Å². The fraction of sp³-hybridized carbons (Fsp3) is 0.671. The van der Waals surface area contributed by atoms with Crippen molar-refractivity contribution in [1.29, 1.82) is 0 Å². The Kier molecular flexibility index (Phi) is 67.2. The first-order valence-electron chi connectivity index (χ1n) is 37.4. The molecule has 0 amide bonds. The van der Waals surface area contributed by atoms with Gasteiger partial charge in [0.15, 0.2) is 12.2 Å². The smallest absolute Gasteiger partial charge is 0.462 e. The Hall–Kier alpha value is -4.80. The molecule has 0 radical (unpaired) electrons. The molecule has 0 aromatic rings. The molecular weight excluding hydrogens is 1280 g/mol. The van der Waals surface area contributed by atoms with E-state index in [0.29, 0.717) is 32.1 Å². The van der Waals surface area contributed by atoms with Crippen LogP contribution in [0.3, 0.4) is 0 Å². The van der Waals surface area contributed by atoms with Crippen LogP contribution in [-0.2, 0) is 65.4 Å². The Bertz CT molecular complexity index is 2380. The highest BCUT2D eigenvalue weighted by molar-refractivity contribution is 7.47. The van der Waals surface area contributed by atoms with Gasteiger partial charge in [-0.2, -0.15) is 0 Å². The molecule has 0 fully saturated rings. The first-order valence-corrected chi connectivity index (χ1v) is 40.4. The third-order valence-electron chi connectivity index (χ3n) is 15.1. The minimum Gasteiger partial charge on any atom is -0.462 e. The summed E-state index contributed by atoms with van der Waals surface area (Å²) in [4.78, 5) is 72.7. The van der Waals surface area contributed by atoms with E-state index in [9.17, 15) is 43.2 Å². The second-order valence-electron chi connectivity index (χ2n) is 24.5. The number of unbranched alkanes of at least 4 members (excludes halogenated alkanes) is 22. The molecule has 0 aromatic heterocycles. The number of esters is 4. The number of hydrogen-bond donors (Lipinski definition) is 3. The number of phosphoric acid groups is 2. The molecule has 0 spiro atoms. The number of phosphoric ester groups is 2. The van der Waals surface area contributed by atoms with Crippen molar-refractivity contribution in [3.63, 3.8) is 0 Å². The molecule has 560 valence electrons. The van der Waals surface area contributed by atoms with Crippen LogP contribution in [0, 0.1) is 0 Å². The van der Waals surface area contributed by atoms with Gasteiger partial charge < -0.3 is 33.8 Å². The molecule has 5 atom stereocenters. The van der Waals surface area contributed by atoms with Gasteiger partial charge in [0.1, 0.15) is 19.3 Å². The Labute approximate surface area is 593 Å². The topological polar surface area (TPSA) is 237 Å². The lowest BCUT2D eigenvalue weighted by atomic mass is 10.0. The number of rotatable bonds is 69. The summed E-state index contributed by atoms with van der Waals surface area (Å²) in [5.74, 6) is -2.40. The summed E-state index contributed by atoms with van der Waals surface area (Å²) in [5.41, 5.74) is 0. The number of carbonyl (C=O) groups is 4. The molecule has 19 heteroatoms. The van der Waals surface area contributed by atoms with Gasteiger partial charge in [0.2, 0.25) is 0 Å². The zero-order chi connectivity index (χ0) is 71.8. The van der Waals surface area contributed by atoms with Crippen molar-refractivity contribution >= 4 is 39.5 Å². The zero-order valence-corrected chi connectivity index (χ0v) is 62.7. The average Bonchev–Trinajstić information content (AvgIpc) is 0.986. The highest BCUT2D eigenvalue weighted by atomic mass is 31.2. The van der Waals surface area contributed by atoms with E-state index in [0.717, 1.165) is 116 Å². The Morgan fingerprint density at radius 2 is 0.592 bits per heavy atom. The summed E-state index contributed by atoms with van der Waals surface area (Å²) in [6, 6.07) is 0. The molecule has 0 aliphatic carbocycles. The second kappa shape index (κ2) is 70.6. The van der Waals surface area contributed by atoms with E-state index in [1.54, 1.807) is 12.2 Å². The van der Waals surface area contributed by atoms with E-state index in [4.69, 9.17) is 37.0 Å². The van der Waals surface area contributed by atoms with Crippen molar-refractivity contribution in [2.45, 2.75) is 303 Å². The van der Waals surface area contributed by atoms with E-state index in [1.807, 2.05) is 24.3 Å². The maximum atomic E-state index is 13.0. The molecular formula is C79H132O17P2. The highest BCUT2D eigenvalue weighted by Crippen LogP contribution is 2.45. The van der Waals surface area contributed by atoms with E-state index in [-0.39, 0.29) is 25.7 Å². The van der Waals surface area contributed by atoms with Crippen LogP contribution in [0.4, 0.5) is 0 Å². The first kappa shape index (κ1) is 93.2. The monoisotopic (exact) mass is 1410 g/mol. The second-order valence-corrected chi connectivity index (χ2v) is 27.4. The van der Waals surface area contributed by atoms with E-state index in [2.05, 4.69) is 125 Å². The molecule has 0 aromatic carbocycles. The van der Waals surface area contributed by atoms with Crippen LogP contribution in [0.15, 0.2) is 134 Å². The fourth-order valence-corrected chi connectivity index (χ4v) is 11.1. The summed E-state index contributed by atoms with van der Waals surface area (Å²) in [6.07, 6.45) is 77.8. The van der Waals surface area contributed by atoms with Crippen molar-refractivity contribution in [3.8, 4) is 0 Å². The van der Waals surface area contributed by atoms with Crippen molar-refractivity contribution in [2.75, 3.05) is 39.6 Å². The van der Waals surface area contributed by atoms with Crippen LogP contribution in [0.2, 0.25) is 0 Å². The quantitative estimate of drug-likeness (QED) is 0.0169. The number of allylic oxidation sites excluding steroid dienone is 21. The van der Waals surface area contributed by atoms with Gasteiger partial charge in [-0.3, -0.25) is 37.3 Å². The number of hydrogen-bond acceptors (Lipinski definition) is 15. The largest absolute Gasteiger partial charge is 0.472 e. The maximum Gasteiger partial charge on any atom is 0.472 e. The maximum absolute atomic E-state index is 13.0. The van der Waals surface area contributed by atoms with Gasteiger partial charge in [0, 0.05) is 19.3 Å². The summed E-state index contributed by atoms with van der Waals surface area (Å²) < 4.78 is 68.2. The van der Waals surface area contributed by atoms with Crippen LogP contribution >= 0.6 is 15.6 Å². The molecule has 0 aliphatic heterocycles. The van der Waals surface area contributed by atoms with Crippen molar-refractivity contribution in [2.24, 2.45) is 0 Å². The van der Waals surface area contributed by atoms with Crippen molar-refractivity contribution < 1.29 is 80.2 Å². The van der Waals surface area contributed by atoms with Gasteiger partial charge in [0.05, 0.1) is 32.8 Å². The number of aliphatic hydroxyl groups excluding tert-OH is 1. The van der Waals surface area contributed by atoms with Gasteiger partial charge in [-0.1, -0.05) is 283 Å². The van der Waals surface area contributed by atoms with Crippen molar-refractivity contribution in [1.82, 2.24) is 0 Å². The van der Waals surface area contributed by atoms with Crippen LogP contribution in [0.5, 0.6) is 0 Å². The molecule has 0 saturated heterocycles. The van der Waals surface area contributed by atoms with Crippen LogP contribution in [0.25, 0.3) is 0 Å². The zero-order valence-electron chi connectivity index (χ0n) is 60.9. The lowest BCUT2D eigenvalue weighted by Crippen LogP contribution is -2.30. The lowest BCUT2D eigenvalue weighted by molar-refractivity contribution is -0.161.